The maximum absolute atomic E-state index is 9.93. The fourth-order valence-corrected chi connectivity index (χ4v) is 3.55. The molecule has 0 heterocycles. The highest BCUT2D eigenvalue weighted by Crippen LogP contribution is 2.26. The van der Waals surface area contributed by atoms with Crippen LogP contribution in [0.2, 0.25) is 0 Å². The molecule has 3 rings (SSSR count). The molecule has 0 amide bonds. The van der Waals surface area contributed by atoms with Gasteiger partial charge in [0.05, 0.1) is 42.3 Å². The van der Waals surface area contributed by atoms with Crippen LogP contribution in [0, 0.1) is 5.41 Å². The molecule has 1 fully saturated rings. The summed E-state index contributed by atoms with van der Waals surface area (Å²) in [6.07, 6.45) is 9.30. The van der Waals surface area contributed by atoms with E-state index in [2.05, 4.69) is 42.1 Å². The lowest BCUT2D eigenvalue weighted by Gasteiger charge is -2.23. The number of nitrogens with one attached hydrogen (secondary N) is 1. The molecule has 0 bridgehead atoms. The highest BCUT2D eigenvalue weighted by molar-refractivity contribution is 9.08. The Kier molecular flexibility index (Phi) is 11.9. The minimum atomic E-state index is 0.159. The van der Waals surface area contributed by atoms with Crippen LogP contribution in [0.3, 0.4) is 0 Å². The Morgan fingerprint density at radius 3 is 1.68 bits per heavy atom. The summed E-state index contributed by atoms with van der Waals surface area (Å²) in [5, 5.41) is 26.4. The molecule has 1 aliphatic rings. The van der Waals surface area contributed by atoms with E-state index in [1.54, 1.807) is 12.1 Å². The molecule has 1 aliphatic carbocycles. The van der Waals surface area contributed by atoms with Gasteiger partial charge >= 0.3 is 0 Å². The zero-order chi connectivity index (χ0) is 25.9. The third-order valence-corrected chi connectivity index (χ3v) is 5.73. The van der Waals surface area contributed by atoms with Gasteiger partial charge in [0.25, 0.3) is 0 Å². The molecule has 0 unspecified atom stereocenters. The number of aromatic hydroxyl groups is 2. The predicted molar refractivity (Wildman–Crippen MR) is 153 cm³/mol. The first-order chi connectivity index (χ1) is 15.9. The van der Waals surface area contributed by atoms with Gasteiger partial charge in [0, 0.05) is 53.9 Å². The molecule has 2 aromatic carbocycles. The first-order valence-corrected chi connectivity index (χ1v) is 13.2. The maximum atomic E-state index is 9.93. The van der Waals surface area contributed by atoms with E-state index in [0.29, 0.717) is 21.8 Å². The van der Waals surface area contributed by atoms with Gasteiger partial charge < -0.3 is 15.6 Å². The number of phenolic OH excluding ortho intramolecular Hbond substituents is 2. The molecule has 0 radical (unpaired) electrons. The fraction of sp³-hybridized carbons (Fsp3) is 0.481. The average Bonchev–Trinajstić information content (AvgIpc) is 2.80. The molecule has 1 saturated carbocycles. The van der Waals surface area contributed by atoms with Crippen molar-refractivity contribution in [1.29, 1.82) is 5.41 Å². The van der Waals surface area contributed by atoms with E-state index in [9.17, 15) is 10.2 Å². The second kappa shape index (κ2) is 13.6. The van der Waals surface area contributed by atoms with Gasteiger partial charge in [-0.1, -0.05) is 35.2 Å². The van der Waals surface area contributed by atoms with Crippen LogP contribution >= 0.6 is 15.9 Å². The van der Waals surface area contributed by atoms with Crippen molar-refractivity contribution in [3.8, 4) is 11.5 Å². The highest BCUT2D eigenvalue weighted by atomic mass is 79.9. The summed E-state index contributed by atoms with van der Waals surface area (Å²) in [5.74, 6) is 2.29. The number of halogens is 1. The van der Waals surface area contributed by atoms with E-state index < -0.39 is 0 Å². The van der Waals surface area contributed by atoms with Gasteiger partial charge in [-0.15, -0.1) is 0 Å². The van der Waals surface area contributed by atoms with E-state index in [1.807, 2.05) is 57.5 Å². The first-order valence-electron chi connectivity index (χ1n) is 11.6. The third-order valence-electron chi connectivity index (χ3n) is 5.73. The molecule has 7 heteroatoms. The van der Waals surface area contributed by atoms with E-state index >= 15 is 0 Å². The van der Waals surface area contributed by atoms with Crippen molar-refractivity contribution in [2.45, 2.75) is 38.1 Å². The van der Waals surface area contributed by atoms with Crippen molar-refractivity contribution in [3.63, 3.8) is 0 Å². The van der Waals surface area contributed by atoms with Crippen LogP contribution < -0.4 is 8.97 Å². The lowest BCUT2D eigenvalue weighted by atomic mass is 9.96. The number of rotatable bonds is 5. The third kappa shape index (κ3) is 9.57. The van der Waals surface area contributed by atoms with Crippen LogP contribution in [0.4, 0.5) is 11.4 Å². The quantitative estimate of drug-likeness (QED) is 0.252. The molecule has 0 atom stereocenters. The second-order valence-electron chi connectivity index (χ2n) is 10.2. The van der Waals surface area contributed by atoms with E-state index in [0.717, 1.165) is 21.9 Å². The number of phenols is 2. The van der Waals surface area contributed by atoms with Crippen molar-refractivity contribution >= 4 is 39.7 Å². The van der Waals surface area contributed by atoms with Crippen molar-refractivity contribution in [2.24, 2.45) is 4.99 Å². The van der Waals surface area contributed by atoms with Crippen molar-refractivity contribution in [3.05, 3.63) is 47.5 Å². The summed E-state index contributed by atoms with van der Waals surface area (Å²) in [6.45, 7) is 0. The first kappa shape index (κ1) is 29.8. The summed E-state index contributed by atoms with van der Waals surface area (Å²) < 4.78 is 1.42. The Hall–Kier alpha value is -2.22. The molecule has 3 N–H and O–H groups in total. The number of nitrogens with zero attached hydrogens (tertiary/aromatic N) is 3. The topological polar surface area (TPSA) is 76.7 Å². The Bertz CT molecular complexity index is 941. The smallest absolute Gasteiger partial charge is 0.133 e. The summed E-state index contributed by atoms with van der Waals surface area (Å²) in [6, 6.07) is 11.5. The van der Waals surface area contributed by atoms with Gasteiger partial charge in [-0.3, -0.25) is 14.0 Å². The molecular weight excluding hydrogens is 492 g/mol. The van der Waals surface area contributed by atoms with E-state index in [4.69, 9.17) is 5.41 Å². The van der Waals surface area contributed by atoms with Crippen LogP contribution in [0.5, 0.6) is 11.5 Å². The lowest BCUT2D eigenvalue weighted by molar-refractivity contribution is 0.444. The van der Waals surface area contributed by atoms with Crippen LogP contribution in [-0.4, -0.2) is 76.8 Å². The normalized spacial score (nSPS) is 14.6. The number of alkyl halides is 1. The zero-order valence-corrected chi connectivity index (χ0v) is 23.4. The molecule has 6 nitrogen and oxygen atoms in total. The van der Waals surface area contributed by atoms with Crippen LogP contribution in [0.25, 0.3) is 0 Å². The minimum absolute atomic E-state index is 0.159. The van der Waals surface area contributed by atoms with Gasteiger partial charge in [-0.2, -0.15) is 0 Å². The fourth-order valence-electron chi connectivity index (χ4n) is 3.55. The van der Waals surface area contributed by atoms with E-state index in [1.165, 1.54) is 37.8 Å². The summed E-state index contributed by atoms with van der Waals surface area (Å²) in [7, 11) is 12.5. The average molecular weight is 536 g/mol. The van der Waals surface area contributed by atoms with Crippen LogP contribution in [-0.2, 0) is 0 Å². The summed E-state index contributed by atoms with van der Waals surface area (Å²) in [5.41, 5.74) is 3.63. The Morgan fingerprint density at radius 1 is 0.794 bits per heavy atom. The monoisotopic (exact) mass is 534 g/mol. The molecule has 0 spiro atoms. The van der Waals surface area contributed by atoms with Gasteiger partial charge in [-0.05, 0) is 30.8 Å². The number of aliphatic imine (C=N–C) groups is 1. The number of quaternary nitrogens is 2. The second-order valence-corrected chi connectivity index (χ2v) is 10.2. The molecule has 34 heavy (non-hydrogen) atoms. The van der Waals surface area contributed by atoms with Gasteiger partial charge in [0.15, 0.2) is 0 Å². The SMILES string of the molecule is CBr.C[N+](C)(C)c1ccc(O)c(C=N)c1.C[N+](C)(C)c1ccc(O)c(C=NC2CCCCC2)c1. The Balaban J connectivity index is 0.000000337. The molecule has 0 saturated heterocycles. The lowest BCUT2D eigenvalue weighted by Crippen LogP contribution is -2.34. The Morgan fingerprint density at radius 2 is 1.24 bits per heavy atom. The van der Waals surface area contributed by atoms with Gasteiger partial charge in [0.1, 0.15) is 22.9 Å². The Labute approximate surface area is 214 Å². The molecule has 2 aromatic rings. The van der Waals surface area contributed by atoms with Gasteiger partial charge in [0.2, 0.25) is 0 Å². The van der Waals surface area contributed by atoms with Crippen LogP contribution in [0.15, 0.2) is 41.4 Å². The molecular formula is C27H43BrN4O2+2. The molecule has 0 aromatic heterocycles. The molecule has 0 aliphatic heterocycles. The number of hydrogen-bond donors (Lipinski definition) is 3. The van der Waals surface area contributed by atoms with E-state index in [-0.39, 0.29) is 5.75 Å². The largest absolute Gasteiger partial charge is 0.507 e. The highest BCUT2D eigenvalue weighted by Gasteiger charge is 2.15. The van der Waals surface area contributed by atoms with Gasteiger partial charge in [-0.25, -0.2) is 0 Å². The zero-order valence-electron chi connectivity index (χ0n) is 21.8. The van der Waals surface area contributed by atoms with Crippen molar-refractivity contribution in [1.82, 2.24) is 8.97 Å². The summed E-state index contributed by atoms with van der Waals surface area (Å²) >= 11 is 2.94. The minimum Gasteiger partial charge on any atom is -0.507 e. The molecule has 188 valence electrons. The summed E-state index contributed by atoms with van der Waals surface area (Å²) in [4.78, 5) is 4.65. The maximum Gasteiger partial charge on any atom is 0.133 e. The standard InChI is InChI=1S/C16H24N2O.C10H14N2O.CH3Br/c1-18(2,3)15-9-10-16(19)13(11-15)12-17-14-7-5-4-6-8-14;1-12(2,3)9-4-5-10(13)8(6-9)7-11;1-2/h9-12,14H,4-8H2,1-3H3;4-7H,1-3H3,(H-,11,13);1H3/p+2. The number of benzene rings is 2. The van der Waals surface area contributed by atoms with Crippen molar-refractivity contribution < 1.29 is 10.2 Å². The van der Waals surface area contributed by atoms with Crippen LogP contribution in [0.1, 0.15) is 43.2 Å². The van der Waals surface area contributed by atoms with Crippen molar-refractivity contribution in [2.75, 3.05) is 48.1 Å². The number of hydrogen-bond acceptors (Lipinski definition) is 4. The predicted octanol–water partition coefficient (Wildman–Crippen LogP) is 5.94.